The number of H-pyrrole nitrogens is 1. The van der Waals surface area contributed by atoms with Gasteiger partial charge in [-0.3, -0.25) is 9.89 Å². The summed E-state index contributed by atoms with van der Waals surface area (Å²) in [6.45, 7) is 0.258. The molecule has 7 heteroatoms. The molecule has 0 saturated heterocycles. The van der Waals surface area contributed by atoms with Crippen molar-refractivity contribution in [1.29, 1.82) is 0 Å². The molecular weight excluding hydrogens is 274 g/mol. The maximum absolute atomic E-state index is 11.9. The fourth-order valence-electron chi connectivity index (χ4n) is 1.90. The molecule has 0 unspecified atom stereocenters. The Hall–Kier alpha value is -2.70. The van der Waals surface area contributed by atoms with Crippen LogP contribution in [-0.4, -0.2) is 37.4 Å². The van der Waals surface area contributed by atoms with Gasteiger partial charge in [-0.15, -0.1) is 0 Å². The number of hydrogen-bond acceptors (Lipinski definition) is 5. The van der Waals surface area contributed by atoms with Crippen LogP contribution in [-0.2, 0) is 6.54 Å². The molecule has 2 rings (SSSR count). The van der Waals surface area contributed by atoms with Gasteiger partial charge in [0.1, 0.15) is 22.9 Å². The Morgan fingerprint density at radius 2 is 1.86 bits per heavy atom. The number of carbonyl (C=O) groups is 1. The Balaban J connectivity index is 2.20. The van der Waals surface area contributed by atoms with Crippen molar-refractivity contribution in [2.75, 3.05) is 21.3 Å². The average molecular weight is 291 g/mol. The number of nitrogens with zero attached hydrogens (tertiary/aromatic N) is 1. The van der Waals surface area contributed by atoms with Crippen LogP contribution < -0.4 is 19.5 Å². The molecule has 112 valence electrons. The van der Waals surface area contributed by atoms with Crippen molar-refractivity contribution in [2.24, 2.45) is 0 Å². The van der Waals surface area contributed by atoms with E-state index in [0.29, 0.717) is 22.9 Å². The van der Waals surface area contributed by atoms with Crippen molar-refractivity contribution in [2.45, 2.75) is 6.54 Å². The van der Waals surface area contributed by atoms with Gasteiger partial charge in [0.25, 0.3) is 5.91 Å². The minimum atomic E-state index is -0.257. The fourth-order valence-corrected chi connectivity index (χ4v) is 1.90. The van der Waals surface area contributed by atoms with Crippen LogP contribution in [0.25, 0.3) is 0 Å². The molecular formula is C14H17N3O4. The van der Waals surface area contributed by atoms with Gasteiger partial charge in [-0.1, -0.05) is 0 Å². The first-order chi connectivity index (χ1) is 10.2. The van der Waals surface area contributed by atoms with Crippen LogP contribution >= 0.6 is 0 Å². The summed E-state index contributed by atoms with van der Waals surface area (Å²) in [6.07, 6.45) is 1.52. The smallest absolute Gasteiger partial charge is 0.269 e. The van der Waals surface area contributed by atoms with E-state index in [0.717, 1.165) is 5.56 Å². The molecule has 1 aromatic carbocycles. The lowest BCUT2D eigenvalue weighted by Crippen LogP contribution is -2.23. The SMILES string of the molecule is COc1cc(OC)c(CNC(=O)c2ccn[nH]2)c(OC)c1. The Bertz CT molecular complexity index is 586. The minimum absolute atomic E-state index is 0.257. The summed E-state index contributed by atoms with van der Waals surface area (Å²) in [6, 6.07) is 5.07. The number of aromatic amines is 1. The van der Waals surface area contributed by atoms with Crippen LogP contribution in [0.2, 0.25) is 0 Å². The van der Waals surface area contributed by atoms with Crippen LogP contribution in [0.15, 0.2) is 24.4 Å². The molecule has 0 atom stereocenters. The van der Waals surface area contributed by atoms with Gasteiger partial charge in [0, 0.05) is 18.3 Å². The summed E-state index contributed by atoms with van der Waals surface area (Å²) in [5.74, 6) is 1.52. The van der Waals surface area contributed by atoms with Crippen LogP contribution in [0.4, 0.5) is 0 Å². The Morgan fingerprint density at radius 3 is 2.33 bits per heavy atom. The van der Waals surface area contributed by atoms with Crippen molar-refractivity contribution >= 4 is 5.91 Å². The first-order valence-corrected chi connectivity index (χ1v) is 6.26. The lowest BCUT2D eigenvalue weighted by atomic mass is 10.1. The topological polar surface area (TPSA) is 85.5 Å². The highest BCUT2D eigenvalue weighted by atomic mass is 16.5. The standard InChI is InChI=1S/C14H17N3O4/c1-19-9-6-12(20-2)10(13(7-9)21-3)8-15-14(18)11-4-5-16-17-11/h4-7H,8H2,1-3H3,(H,15,18)(H,16,17). The molecule has 0 saturated carbocycles. The van der Waals surface area contributed by atoms with Gasteiger partial charge in [-0.05, 0) is 6.07 Å². The Morgan fingerprint density at radius 1 is 1.19 bits per heavy atom. The highest BCUT2D eigenvalue weighted by Crippen LogP contribution is 2.33. The molecule has 1 heterocycles. The molecule has 0 fully saturated rings. The Labute approximate surface area is 122 Å². The fraction of sp³-hybridized carbons (Fsp3) is 0.286. The lowest BCUT2D eigenvalue weighted by Gasteiger charge is -2.15. The highest BCUT2D eigenvalue weighted by Gasteiger charge is 2.15. The van der Waals surface area contributed by atoms with E-state index >= 15 is 0 Å². The number of benzene rings is 1. The number of rotatable bonds is 6. The summed E-state index contributed by atoms with van der Waals surface area (Å²) in [5.41, 5.74) is 1.12. The van der Waals surface area contributed by atoms with Crippen molar-refractivity contribution in [3.63, 3.8) is 0 Å². The number of carbonyl (C=O) groups excluding carboxylic acids is 1. The number of methoxy groups -OCH3 is 3. The number of ether oxygens (including phenoxy) is 3. The molecule has 1 aromatic heterocycles. The van der Waals surface area contributed by atoms with E-state index in [4.69, 9.17) is 14.2 Å². The van der Waals surface area contributed by atoms with Gasteiger partial charge in [0.05, 0.1) is 33.4 Å². The van der Waals surface area contributed by atoms with E-state index < -0.39 is 0 Å². The predicted octanol–water partition coefficient (Wildman–Crippen LogP) is 1.37. The molecule has 0 aliphatic heterocycles. The van der Waals surface area contributed by atoms with Crippen LogP contribution in [0, 0.1) is 0 Å². The molecule has 2 N–H and O–H groups in total. The summed E-state index contributed by atoms with van der Waals surface area (Å²) in [7, 11) is 4.66. The van der Waals surface area contributed by atoms with E-state index in [9.17, 15) is 4.79 Å². The van der Waals surface area contributed by atoms with E-state index in [1.807, 2.05) is 0 Å². The molecule has 21 heavy (non-hydrogen) atoms. The summed E-state index contributed by atoms with van der Waals surface area (Å²) in [5, 5.41) is 9.12. The first-order valence-electron chi connectivity index (χ1n) is 6.26. The van der Waals surface area contributed by atoms with Gasteiger partial charge < -0.3 is 19.5 Å². The third-order valence-corrected chi connectivity index (χ3v) is 2.99. The molecule has 1 amide bonds. The summed E-state index contributed by atoms with van der Waals surface area (Å²) in [4.78, 5) is 11.9. The van der Waals surface area contributed by atoms with Crippen LogP contribution in [0.1, 0.15) is 16.1 Å². The van der Waals surface area contributed by atoms with Crippen molar-refractivity contribution in [3.8, 4) is 17.2 Å². The largest absolute Gasteiger partial charge is 0.496 e. The van der Waals surface area contributed by atoms with Crippen molar-refractivity contribution < 1.29 is 19.0 Å². The maximum Gasteiger partial charge on any atom is 0.269 e. The molecule has 0 radical (unpaired) electrons. The van der Waals surface area contributed by atoms with Crippen LogP contribution in [0.3, 0.4) is 0 Å². The number of nitrogens with one attached hydrogen (secondary N) is 2. The summed E-state index contributed by atoms with van der Waals surface area (Å²) < 4.78 is 15.8. The first kappa shape index (κ1) is 14.7. The molecule has 0 aliphatic rings. The number of aromatic nitrogens is 2. The molecule has 2 aromatic rings. The minimum Gasteiger partial charge on any atom is -0.496 e. The number of amides is 1. The third-order valence-electron chi connectivity index (χ3n) is 2.99. The zero-order chi connectivity index (χ0) is 15.2. The van der Waals surface area contributed by atoms with E-state index in [1.54, 1.807) is 39.5 Å². The summed E-state index contributed by atoms with van der Waals surface area (Å²) >= 11 is 0. The van der Waals surface area contributed by atoms with Crippen LogP contribution in [0.5, 0.6) is 17.2 Å². The van der Waals surface area contributed by atoms with Gasteiger partial charge in [-0.25, -0.2) is 0 Å². The third kappa shape index (κ3) is 3.25. The van der Waals surface area contributed by atoms with Gasteiger partial charge in [0.2, 0.25) is 0 Å². The molecule has 7 nitrogen and oxygen atoms in total. The monoisotopic (exact) mass is 291 g/mol. The molecule has 0 bridgehead atoms. The second kappa shape index (κ2) is 6.65. The normalized spacial score (nSPS) is 10.0. The van der Waals surface area contributed by atoms with Crippen molar-refractivity contribution in [1.82, 2.24) is 15.5 Å². The molecule has 0 spiro atoms. The highest BCUT2D eigenvalue weighted by molar-refractivity contribution is 5.92. The second-order valence-electron chi connectivity index (χ2n) is 4.16. The van der Waals surface area contributed by atoms with Gasteiger partial charge in [0.15, 0.2) is 0 Å². The predicted molar refractivity (Wildman–Crippen MR) is 75.9 cm³/mol. The zero-order valence-electron chi connectivity index (χ0n) is 12.1. The van der Waals surface area contributed by atoms with Crippen molar-refractivity contribution in [3.05, 3.63) is 35.7 Å². The average Bonchev–Trinajstić information content (AvgIpc) is 3.06. The zero-order valence-corrected chi connectivity index (χ0v) is 12.1. The Kier molecular flexibility index (Phi) is 4.65. The molecule has 0 aliphatic carbocycles. The van der Waals surface area contributed by atoms with E-state index in [2.05, 4.69) is 15.5 Å². The second-order valence-corrected chi connectivity index (χ2v) is 4.16. The van der Waals surface area contributed by atoms with Gasteiger partial charge >= 0.3 is 0 Å². The maximum atomic E-state index is 11.9. The lowest BCUT2D eigenvalue weighted by molar-refractivity contribution is 0.0945. The van der Waals surface area contributed by atoms with Gasteiger partial charge in [-0.2, -0.15) is 5.10 Å². The van der Waals surface area contributed by atoms with E-state index in [-0.39, 0.29) is 12.5 Å². The number of hydrogen-bond donors (Lipinski definition) is 2. The van der Waals surface area contributed by atoms with E-state index in [1.165, 1.54) is 6.20 Å². The quantitative estimate of drug-likeness (QED) is 0.839.